The molecule has 0 aromatic rings. The van der Waals surface area contributed by atoms with E-state index >= 15 is 0 Å². The average Bonchev–Trinajstić information content (AvgIpc) is 2.26. The number of rotatable bonds is 0. The molecule has 0 aromatic heterocycles. The Balaban J connectivity index is -0.000000720. The van der Waals surface area contributed by atoms with Gasteiger partial charge in [0.1, 0.15) is 0 Å². The SMILES string of the molecule is N#[C][Fe-4]([C]#N)([C]#N)([C]#N)([C]#N)[C]#N.[Na+].[Na+]. The Labute approximate surface area is 129 Å². The predicted molar refractivity (Wildman–Crippen MR) is 33.7 cm³/mol. The third-order valence-electron chi connectivity index (χ3n) is 1.19. The van der Waals surface area contributed by atoms with Crippen LogP contribution < -0.4 is 59.1 Å². The maximum absolute atomic E-state index is 8.58. The van der Waals surface area contributed by atoms with Crippen LogP contribution in [0.1, 0.15) is 0 Å². The fraction of sp³-hybridized carbons (Fsp3) is 0. The molecule has 0 aromatic carbocycles. The summed E-state index contributed by atoms with van der Waals surface area (Å²) in [6.07, 6.45) is 0. The Bertz CT molecular complexity index is 395. The Kier molecular flexibility index (Phi) is 6.64. The van der Waals surface area contributed by atoms with Crippen molar-refractivity contribution in [2.75, 3.05) is 0 Å². The van der Waals surface area contributed by atoms with Crippen LogP contribution in [0.15, 0.2) is 0 Å². The van der Waals surface area contributed by atoms with Crippen molar-refractivity contribution in [1.29, 1.82) is 31.6 Å². The summed E-state index contributed by atoms with van der Waals surface area (Å²) in [6.45, 7) is 0. The van der Waals surface area contributed by atoms with Crippen LogP contribution in [0.4, 0.5) is 0 Å². The van der Waals surface area contributed by atoms with Crippen molar-refractivity contribution in [2.24, 2.45) is 0 Å². The van der Waals surface area contributed by atoms with Crippen molar-refractivity contribution in [1.82, 2.24) is 0 Å². The van der Waals surface area contributed by atoms with Gasteiger partial charge in [0, 0.05) is 0 Å². The number of hydrogen-bond donors (Lipinski definition) is 0. The Morgan fingerprint density at radius 1 is 0.467 bits per heavy atom. The van der Waals surface area contributed by atoms with Crippen LogP contribution in [-0.4, -0.2) is 0 Å². The molecule has 0 spiro atoms. The second-order valence-electron chi connectivity index (χ2n) is 1.80. The van der Waals surface area contributed by atoms with Gasteiger partial charge in [0.15, 0.2) is 0 Å². The molecule has 0 aliphatic rings. The molecule has 6 nitrogen and oxygen atoms in total. The van der Waals surface area contributed by atoms with Crippen molar-refractivity contribution in [3.05, 3.63) is 0 Å². The number of hydrogen-bond acceptors (Lipinski definition) is 6. The maximum Gasteiger partial charge on any atom is 1.00 e. The summed E-state index contributed by atoms with van der Waals surface area (Å²) in [5.74, 6) is 0. The minimum Gasteiger partial charge on any atom is 1.00 e. The van der Waals surface area contributed by atoms with Gasteiger partial charge >= 0.3 is 131 Å². The quantitative estimate of drug-likeness (QED) is 0.396. The molecule has 0 radical (unpaired) electrons. The standard InChI is InChI=1S/6CN.Fe.2Na/c6*1-2;;;/q;;;;;;-4;2*+1. The Morgan fingerprint density at radius 3 is 0.600 bits per heavy atom. The van der Waals surface area contributed by atoms with Gasteiger partial charge in [-0.05, 0) is 0 Å². The molecule has 0 amide bonds. The van der Waals surface area contributed by atoms with E-state index in [0.717, 1.165) is 29.8 Å². The van der Waals surface area contributed by atoms with Crippen molar-refractivity contribution >= 4 is 0 Å². The molecule has 0 N–H and O–H groups in total. The van der Waals surface area contributed by atoms with Crippen LogP contribution in [0.3, 0.4) is 0 Å². The molecule has 0 aliphatic carbocycles. The zero-order valence-corrected chi connectivity index (χ0v) is 13.1. The third kappa shape index (κ3) is 2.04. The minimum absolute atomic E-state index is 0. The topological polar surface area (TPSA) is 143 Å². The van der Waals surface area contributed by atoms with Gasteiger partial charge in [-0.3, -0.25) is 0 Å². The molecule has 15 heavy (non-hydrogen) atoms. The van der Waals surface area contributed by atoms with Crippen LogP contribution >= 0.6 is 0 Å². The monoisotopic (exact) mass is 258 g/mol. The fourth-order valence-electron chi connectivity index (χ4n) is 0.265. The molecule has 9 heteroatoms. The van der Waals surface area contributed by atoms with E-state index < -0.39 is 10.7 Å². The summed E-state index contributed by atoms with van der Waals surface area (Å²) < 4.78 is 0. The summed E-state index contributed by atoms with van der Waals surface area (Å²) >= 11 is 0. The molecule has 0 atom stereocenters. The maximum atomic E-state index is 8.58. The van der Waals surface area contributed by atoms with Gasteiger partial charge in [0.05, 0.1) is 0 Å². The van der Waals surface area contributed by atoms with Crippen molar-refractivity contribution < 1.29 is 69.8 Å². The van der Waals surface area contributed by atoms with Crippen LogP contribution in [0, 0.1) is 61.4 Å². The summed E-state index contributed by atoms with van der Waals surface area (Å²) in [6, 6.07) is 0. The minimum atomic E-state index is -6.17. The van der Waals surface area contributed by atoms with E-state index in [2.05, 4.69) is 0 Å². The zero-order chi connectivity index (χ0) is 10.7. The smallest absolute Gasteiger partial charge is 1.00 e. The predicted octanol–water partition coefficient (Wildman–Crippen LogP) is -5.89. The average molecular weight is 258 g/mol. The van der Waals surface area contributed by atoms with E-state index in [1.165, 1.54) is 0 Å². The molecule has 0 fully saturated rings. The second kappa shape index (κ2) is 4.99. The molecule has 0 bridgehead atoms. The normalized spacial score (nSPS) is 11.6. The summed E-state index contributed by atoms with van der Waals surface area (Å²) in [4.78, 5) is 6.19. The molecular formula is C6FeN6Na2-2. The van der Waals surface area contributed by atoms with Gasteiger partial charge in [-0.25, -0.2) is 0 Å². The molecular weight excluding hydrogens is 258 g/mol. The first-order valence-electron chi connectivity index (χ1n) is 2.40. The first kappa shape index (κ1) is 19.9. The van der Waals surface area contributed by atoms with E-state index in [9.17, 15) is 0 Å². The van der Waals surface area contributed by atoms with E-state index in [4.69, 9.17) is 31.6 Å². The van der Waals surface area contributed by atoms with Gasteiger partial charge in [-0.1, -0.05) is 0 Å². The van der Waals surface area contributed by atoms with Gasteiger partial charge in [0.25, 0.3) is 0 Å². The number of nitriles is 6. The third-order valence-corrected chi connectivity index (χ3v) is 4.89. The van der Waals surface area contributed by atoms with Crippen LogP contribution in [0.5, 0.6) is 0 Å². The number of nitrogens with zero attached hydrogens (tertiary/aromatic N) is 6. The van der Waals surface area contributed by atoms with Gasteiger partial charge in [-0.2, -0.15) is 0 Å². The second-order valence-corrected chi connectivity index (χ2v) is 7.42. The van der Waals surface area contributed by atoms with Crippen molar-refractivity contribution in [2.45, 2.75) is 0 Å². The molecule has 0 rings (SSSR count). The Morgan fingerprint density at radius 2 is 0.600 bits per heavy atom. The Hall–Kier alpha value is -0.541. The molecule has 0 saturated carbocycles. The summed E-state index contributed by atoms with van der Waals surface area (Å²) in [5.41, 5.74) is 0. The first-order chi connectivity index (χ1) is 5.97. The first-order valence-corrected chi connectivity index (χ1v) is 5.71. The van der Waals surface area contributed by atoms with E-state index in [1.807, 2.05) is 0 Å². The van der Waals surface area contributed by atoms with Crippen LogP contribution in [0.2, 0.25) is 0 Å². The molecule has 0 saturated heterocycles. The van der Waals surface area contributed by atoms with Crippen LogP contribution in [0.25, 0.3) is 0 Å². The van der Waals surface area contributed by atoms with Crippen LogP contribution in [-0.2, 0) is 10.7 Å². The molecule has 0 unspecified atom stereocenters. The van der Waals surface area contributed by atoms with Gasteiger partial charge in [-0.15, -0.1) is 0 Å². The molecule has 66 valence electrons. The largest absolute Gasteiger partial charge is 1.00 e. The van der Waals surface area contributed by atoms with E-state index in [1.54, 1.807) is 0 Å². The van der Waals surface area contributed by atoms with E-state index in [-0.39, 0.29) is 59.1 Å². The van der Waals surface area contributed by atoms with Crippen molar-refractivity contribution in [3.8, 4) is 29.8 Å². The molecule has 0 heterocycles. The van der Waals surface area contributed by atoms with E-state index in [0.29, 0.717) is 0 Å². The van der Waals surface area contributed by atoms with Crippen molar-refractivity contribution in [3.63, 3.8) is 0 Å². The fourth-order valence-corrected chi connectivity index (χ4v) is 1.09. The zero-order valence-electron chi connectivity index (χ0n) is 8.04. The van der Waals surface area contributed by atoms with Gasteiger partial charge in [0.2, 0.25) is 0 Å². The van der Waals surface area contributed by atoms with Gasteiger partial charge < -0.3 is 0 Å². The summed E-state index contributed by atoms with van der Waals surface area (Å²) in [7, 11) is -6.17. The molecule has 0 aliphatic heterocycles. The summed E-state index contributed by atoms with van der Waals surface area (Å²) in [5, 5.41) is 51.5.